The molecule has 0 aliphatic rings. The Morgan fingerprint density at radius 2 is 2.37 bits per heavy atom. The Morgan fingerprint density at radius 1 is 1.58 bits per heavy atom. The molecule has 1 aromatic carbocycles. The van der Waals surface area contributed by atoms with E-state index in [2.05, 4.69) is 34.2 Å². The highest BCUT2D eigenvalue weighted by Gasteiger charge is 2.18. The number of rotatable bonds is 4. The second kappa shape index (κ2) is 5.97. The summed E-state index contributed by atoms with van der Waals surface area (Å²) in [6.45, 7) is 3.72. The number of allylic oxidation sites excluding steroid dienone is 1. The molecule has 0 saturated heterocycles. The van der Waals surface area contributed by atoms with Gasteiger partial charge in [-0.1, -0.05) is 12.1 Å². The van der Waals surface area contributed by atoms with Crippen LogP contribution in [0.1, 0.15) is 23.6 Å². The predicted octanol–water partition coefficient (Wildman–Crippen LogP) is 3.66. The lowest BCUT2D eigenvalue weighted by atomic mass is 10.0. The van der Waals surface area contributed by atoms with Crippen LogP contribution in [0.4, 0.5) is 4.39 Å². The molecule has 96 valence electrons. The molecule has 1 heterocycles. The summed E-state index contributed by atoms with van der Waals surface area (Å²) >= 11 is 2.15. The Hall–Kier alpha value is -1.68. The van der Waals surface area contributed by atoms with E-state index in [0.717, 1.165) is 3.70 Å². The minimum Gasteiger partial charge on any atom is -0.318 e. The van der Waals surface area contributed by atoms with Crippen molar-refractivity contribution >= 4 is 22.6 Å². The molecule has 0 amide bonds. The second-order valence-corrected chi connectivity index (χ2v) is 5.12. The molecule has 0 saturated carbocycles. The summed E-state index contributed by atoms with van der Waals surface area (Å²) in [5.41, 5.74) is 0.855. The maximum atomic E-state index is 14.1. The van der Waals surface area contributed by atoms with E-state index in [0.29, 0.717) is 17.5 Å². The van der Waals surface area contributed by atoms with E-state index in [9.17, 15) is 4.39 Å². The molecule has 0 spiro atoms. The van der Waals surface area contributed by atoms with Gasteiger partial charge in [0.1, 0.15) is 9.52 Å². The molecule has 1 atom stereocenters. The summed E-state index contributed by atoms with van der Waals surface area (Å²) in [5, 5.41) is 8.77. The van der Waals surface area contributed by atoms with Crippen molar-refractivity contribution in [1.82, 2.24) is 9.55 Å². The fourth-order valence-electron chi connectivity index (χ4n) is 1.93. The van der Waals surface area contributed by atoms with Gasteiger partial charge in [0.25, 0.3) is 0 Å². The van der Waals surface area contributed by atoms with Crippen LogP contribution in [0.25, 0.3) is 0 Å². The zero-order valence-electron chi connectivity index (χ0n) is 10.1. The number of hydrogen-bond acceptors (Lipinski definition) is 2. The molecule has 2 rings (SSSR count). The maximum Gasteiger partial charge on any atom is 0.129 e. The third-order valence-corrected chi connectivity index (χ3v) is 3.67. The summed E-state index contributed by atoms with van der Waals surface area (Å²) in [6, 6.07) is 6.27. The zero-order valence-corrected chi connectivity index (χ0v) is 12.2. The van der Waals surface area contributed by atoms with E-state index >= 15 is 0 Å². The summed E-state index contributed by atoms with van der Waals surface area (Å²) in [5.74, 6) is -0.379. The molecule has 0 bridgehead atoms. The molecule has 0 N–H and O–H groups in total. The fraction of sp³-hybridized carbons (Fsp3) is 0.143. The van der Waals surface area contributed by atoms with Crippen molar-refractivity contribution in [1.29, 1.82) is 5.26 Å². The summed E-state index contributed by atoms with van der Waals surface area (Å²) in [6.07, 6.45) is 5.74. The third-order valence-electron chi connectivity index (χ3n) is 2.83. The van der Waals surface area contributed by atoms with E-state index in [1.54, 1.807) is 30.7 Å². The van der Waals surface area contributed by atoms with Crippen LogP contribution < -0.4 is 0 Å². The highest BCUT2D eigenvalue weighted by atomic mass is 127. The van der Waals surface area contributed by atoms with Crippen LogP contribution in [0.15, 0.2) is 43.4 Å². The largest absolute Gasteiger partial charge is 0.318 e. The van der Waals surface area contributed by atoms with Gasteiger partial charge in [0.2, 0.25) is 0 Å². The highest BCUT2D eigenvalue weighted by molar-refractivity contribution is 14.1. The maximum absolute atomic E-state index is 14.1. The van der Waals surface area contributed by atoms with E-state index in [-0.39, 0.29) is 11.9 Å². The van der Waals surface area contributed by atoms with Crippen LogP contribution in [0, 0.1) is 20.8 Å². The molecule has 5 heteroatoms. The van der Waals surface area contributed by atoms with Gasteiger partial charge in [-0.3, -0.25) is 0 Å². The SMILES string of the molecule is C=CCC(c1ccc(C#N)cc1F)n1cncc1I. The first-order valence-corrected chi connectivity index (χ1v) is 6.73. The van der Waals surface area contributed by atoms with Crippen molar-refractivity contribution in [2.75, 3.05) is 0 Å². The molecular weight excluding hydrogens is 356 g/mol. The quantitative estimate of drug-likeness (QED) is 0.611. The molecule has 0 radical (unpaired) electrons. The third kappa shape index (κ3) is 2.84. The summed E-state index contributed by atoms with van der Waals surface area (Å²) in [7, 11) is 0. The average Bonchev–Trinajstić information content (AvgIpc) is 2.82. The zero-order chi connectivity index (χ0) is 13.8. The number of halogens is 2. The van der Waals surface area contributed by atoms with Crippen molar-refractivity contribution in [3.63, 3.8) is 0 Å². The fourth-order valence-corrected chi connectivity index (χ4v) is 2.55. The van der Waals surface area contributed by atoms with Gasteiger partial charge in [-0.05, 0) is 41.1 Å². The lowest BCUT2D eigenvalue weighted by Crippen LogP contribution is -2.12. The van der Waals surface area contributed by atoms with Crippen LogP contribution in [0.3, 0.4) is 0 Å². The lowest BCUT2D eigenvalue weighted by Gasteiger charge is -2.19. The Kier molecular flexibility index (Phi) is 4.32. The molecule has 0 aliphatic heterocycles. The second-order valence-electron chi connectivity index (χ2n) is 4.01. The Labute approximate surface area is 124 Å². The van der Waals surface area contributed by atoms with Crippen LogP contribution in [-0.4, -0.2) is 9.55 Å². The van der Waals surface area contributed by atoms with Gasteiger partial charge in [0, 0.05) is 5.56 Å². The van der Waals surface area contributed by atoms with Crippen molar-refractivity contribution in [2.45, 2.75) is 12.5 Å². The van der Waals surface area contributed by atoms with Crippen molar-refractivity contribution in [3.05, 3.63) is 64.0 Å². The van der Waals surface area contributed by atoms with Gasteiger partial charge in [0.05, 0.1) is 30.2 Å². The van der Waals surface area contributed by atoms with E-state index in [4.69, 9.17) is 5.26 Å². The normalized spacial score (nSPS) is 11.8. The Balaban J connectivity index is 2.49. The molecule has 3 nitrogen and oxygen atoms in total. The first-order valence-electron chi connectivity index (χ1n) is 5.65. The van der Waals surface area contributed by atoms with Gasteiger partial charge in [0.15, 0.2) is 0 Å². The predicted molar refractivity (Wildman–Crippen MR) is 79.0 cm³/mol. The van der Waals surface area contributed by atoms with Gasteiger partial charge in [-0.15, -0.1) is 6.58 Å². The average molecular weight is 367 g/mol. The van der Waals surface area contributed by atoms with Gasteiger partial charge in [-0.2, -0.15) is 5.26 Å². The van der Waals surface area contributed by atoms with Crippen LogP contribution in [0.5, 0.6) is 0 Å². The number of hydrogen-bond donors (Lipinski definition) is 0. The van der Waals surface area contributed by atoms with E-state index in [1.807, 2.05) is 10.6 Å². The minimum absolute atomic E-state index is 0.195. The van der Waals surface area contributed by atoms with Gasteiger partial charge < -0.3 is 4.57 Å². The molecular formula is C14H11FIN3. The van der Waals surface area contributed by atoms with Gasteiger partial charge in [-0.25, -0.2) is 9.37 Å². The Morgan fingerprint density at radius 3 is 2.89 bits per heavy atom. The Bertz CT molecular complexity index is 642. The van der Waals surface area contributed by atoms with Crippen LogP contribution in [-0.2, 0) is 0 Å². The molecule has 19 heavy (non-hydrogen) atoms. The van der Waals surface area contributed by atoms with Crippen molar-refractivity contribution < 1.29 is 4.39 Å². The van der Waals surface area contributed by atoms with E-state index < -0.39 is 0 Å². The molecule has 0 aliphatic carbocycles. The lowest BCUT2D eigenvalue weighted by molar-refractivity contribution is 0.527. The number of aromatic nitrogens is 2. The molecule has 1 aromatic heterocycles. The summed E-state index contributed by atoms with van der Waals surface area (Å²) in [4.78, 5) is 4.06. The highest BCUT2D eigenvalue weighted by Crippen LogP contribution is 2.27. The number of benzene rings is 1. The molecule has 0 fully saturated rings. The van der Waals surface area contributed by atoms with E-state index in [1.165, 1.54) is 6.07 Å². The van der Waals surface area contributed by atoms with Crippen LogP contribution in [0.2, 0.25) is 0 Å². The van der Waals surface area contributed by atoms with Crippen molar-refractivity contribution in [2.24, 2.45) is 0 Å². The molecule has 1 unspecified atom stereocenters. The minimum atomic E-state index is -0.379. The number of nitrogens with zero attached hydrogens (tertiary/aromatic N) is 3. The first-order chi connectivity index (χ1) is 9.17. The standard InChI is InChI=1S/C14H11FIN3/c1-2-3-13(19-9-18-8-14(19)16)11-5-4-10(7-17)6-12(11)15/h2,4-6,8-9,13H,1,3H2. The van der Waals surface area contributed by atoms with Gasteiger partial charge >= 0.3 is 0 Å². The number of nitriles is 1. The molecule has 2 aromatic rings. The van der Waals surface area contributed by atoms with Crippen LogP contribution >= 0.6 is 22.6 Å². The summed E-state index contributed by atoms with van der Waals surface area (Å²) < 4.78 is 16.9. The first kappa shape index (κ1) is 13.7. The topological polar surface area (TPSA) is 41.6 Å². The van der Waals surface area contributed by atoms with Crippen molar-refractivity contribution in [3.8, 4) is 6.07 Å². The smallest absolute Gasteiger partial charge is 0.129 e. The number of imidazole rings is 1. The monoisotopic (exact) mass is 367 g/mol.